The lowest BCUT2D eigenvalue weighted by Gasteiger charge is -1.99. The summed E-state index contributed by atoms with van der Waals surface area (Å²) in [5, 5.41) is 0.791. The molecular weight excluding hydrogens is 271 g/mol. The van der Waals surface area contributed by atoms with Gasteiger partial charge in [0.05, 0.1) is 0 Å². The zero-order valence-corrected chi connectivity index (χ0v) is 11.7. The van der Waals surface area contributed by atoms with Crippen molar-refractivity contribution in [2.45, 2.75) is 6.92 Å². The van der Waals surface area contributed by atoms with Crippen LogP contribution in [0.4, 0.5) is 0 Å². The molecule has 1 heterocycles. The Morgan fingerprint density at radius 2 is 2.00 bits per heavy atom. The Bertz CT molecular complexity index is 541. The van der Waals surface area contributed by atoms with Crippen molar-refractivity contribution in [3.05, 3.63) is 51.9 Å². The molecule has 1 aromatic carbocycles. The average molecular weight is 283 g/mol. The van der Waals surface area contributed by atoms with E-state index in [1.165, 1.54) is 15.3 Å². The van der Waals surface area contributed by atoms with Gasteiger partial charge in [0.2, 0.25) is 0 Å². The highest BCUT2D eigenvalue weighted by Gasteiger charge is 2.05. The van der Waals surface area contributed by atoms with Crippen LogP contribution in [-0.2, 0) is 0 Å². The molecule has 0 aliphatic heterocycles. The molecule has 0 aliphatic rings. The van der Waals surface area contributed by atoms with E-state index in [0.29, 0.717) is 5.88 Å². The maximum absolute atomic E-state index is 6.17. The highest BCUT2D eigenvalue weighted by molar-refractivity contribution is 7.16. The number of thiophene rings is 1. The van der Waals surface area contributed by atoms with Gasteiger partial charge < -0.3 is 0 Å². The summed E-state index contributed by atoms with van der Waals surface area (Å²) < 4.78 is 0. The summed E-state index contributed by atoms with van der Waals surface area (Å²) in [5.74, 6) is 0.569. The fourth-order valence-electron chi connectivity index (χ4n) is 1.52. The third-order valence-electron chi connectivity index (χ3n) is 2.37. The molecular formula is C14H12Cl2S. The van der Waals surface area contributed by atoms with Crippen molar-refractivity contribution in [2.75, 3.05) is 5.88 Å². The van der Waals surface area contributed by atoms with Crippen LogP contribution in [0.2, 0.25) is 5.02 Å². The summed E-state index contributed by atoms with van der Waals surface area (Å²) in [4.78, 5) is 2.39. The second kappa shape index (κ2) is 5.72. The van der Waals surface area contributed by atoms with Crippen LogP contribution in [0.25, 0.3) is 16.5 Å². The Balaban J connectivity index is 2.34. The van der Waals surface area contributed by atoms with Crippen LogP contribution in [0, 0.1) is 0 Å². The van der Waals surface area contributed by atoms with Crippen LogP contribution < -0.4 is 0 Å². The van der Waals surface area contributed by atoms with Crippen molar-refractivity contribution < 1.29 is 0 Å². The lowest BCUT2D eigenvalue weighted by molar-refractivity contribution is 1.44. The van der Waals surface area contributed by atoms with Crippen LogP contribution in [0.1, 0.15) is 11.8 Å². The summed E-state index contributed by atoms with van der Waals surface area (Å²) in [6.07, 6.45) is 2.11. The molecule has 17 heavy (non-hydrogen) atoms. The second-order valence-corrected chi connectivity index (χ2v) is 5.60. The molecule has 3 heteroatoms. The summed E-state index contributed by atoms with van der Waals surface area (Å²) >= 11 is 13.7. The highest BCUT2D eigenvalue weighted by Crippen LogP contribution is 2.33. The van der Waals surface area contributed by atoms with E-state index in [1.54, 1.807) is 11.3 Å². The summed E-state index contributed by atoms with van der Waals surface area (Å²) in [7, 11) is 0. The van der Waals surface area contributed by atoms with Crippen molar-refractivity contribution in [1.82, 2.24) is 0 Å². The van der Waals surface area contributed by atoms with Gasteiger partial charge >= 0.3 is 0 Å². The monoisotopic (exact) mass is 282 g/mol. The lowest BCUT2D eigenvalue weighted by Crippen LogP contribution is -1.73. The van der Waals surface area contributed by atoms with E-state index in [4.69, 9.17) is 23.2 Å². The number of rotatable bonds is 3. The topological polar surface area (TPSA) is 0 Å². The van der Waals surface area contributed by atoms with Crippen molar-refractivity contribution in [1.29, 1.82) is 0 Å². The molecule has 0 radical (unpaired) electrons. The summed E-state index contributed by atoms with van der Waals surface area (Å²) in [6, 6.07) is 12.1. The largest absolute Gasteiger partial charge is 0.136 e. The first-order valence-electron chi connectivity index (χ1n) is 5.28. The van der Waals surface area contributed by atoms with E-state index >= 15 is 0 Å². The van der Waals surface area contributed by atoms with Crippen LogP contribution in [-0.4, -0.2) is 5.88 Å². The number of hydrogen-bond acceptors (Lipinski definition) is 1. The third-order valence-corrected chi connectivity index (χ3v) is 4.18. The summed E-state index contributed by atoms with van der Waals surface area (Å²) in [5.41, 5.74) is 2.25. The first-order valence-corrected chi connectivity index (χ1v) is 7.01. The number of hydrogen-bond donors (Lipinski definition) is 0. The second-order valence-electron chi connectivity index (χ2n) is 3.81. The molecule has 0 aliphatic carbocycles. The van der Waals surface area contributed by atoms with E-state index in [0.717, 1.165) is 10.6 Å². The Morgan fingerprint density at radius 3 is 2.71 bits per heavy atom. The predicted molar refractivity (Wildman–Crippen MR) is 79.1 cm³/mol. The van der Waals surface area contributed by atoms with E-state index in [9.17, 15) is 0 Å². The van der Waals surface area contributed by atoms with Gasteiger partial charge in [-0.25, -0.2) is 0 Å². The average Bonchev–Trinajstić information content (AvgIpc) is 2.78. The van der Waals surface area contributed by atoms with Crippen molar-refractivity contribution in [3.63, 3.8) is 0 Å². The van der Waals surface area contributed by atoms with Crippen molar-refractivity contribution in [3.8, 4) is 10.4 Å². The van der Waals surface area contributed by atoms with Crippen LogP contribution >= 0.6 is 34.5 Å². The van der Waals surface area contributed by atoms with Gasteiger partial charge in [0.1, 0.15) is 0 Å². The number of halogens is 2. The van der Waals surface area contributed by atoms with Crippen LogP contribution in [0.3, 0.4) is 0 Å². The van der Waals surface area contributed by atoms with Gasteiger partial charge in [-0.2, -0.15) is 0 Å². The molecule has 0 N–H and O–H groups in total. The molecule has 0 amide bonds. The van der Waals surface area contributed by atoms with E-state index in [1.807, 2.05) is 31.2 Å². The van der Waals surface area contributed by atoms with Crippen molar-refractivity contribution >= 4 is 40.6 Å². The third kappa shape index (κ3) is 3.12. The quantitative estimate of drug-likeness (QED) is 0.633. The van der Waals surface area contributed by atoms with Gasteiger partial charge in [-0.15, -0.1) is 22.9 Å². The Labute approximate surface area is 116 Å². The first kappa shape index (κ1) is 12.7. The fourth-order valence-corrected chi connectivity index (χ4v) is 2.96. The Kier molecular flexibility index (Phi) is 4.27. The number of benzene rings is 1. The minimum absolute atomic E-state index is 0.569. The van der Waals surface area contributed by atoms with Gasteiger partial charge in [-0.1, -0.05) is 35.4 Å². The maximum atomic E-state index is 6.17. The molecule has 0 bridgehead atoms. The Hall–Kier alpha value is -0.760. The zero-order chi connectivity index (χ0) is 12.3. The van der Waals surface area contributed by atoms with Crippen LogP contribution in [0.5, 0.6) is 0 Å². The highest BCUT2D eigenvalue weighted by atomic mass is 35.5. The van der Waals surface area contributed by atoms with Gasteiger partial charge in [0.15, 0.2) is 0 Å². The molecule has 0 atom stereocenters. The van der Waals surface area contributed by atoms with Crippen molar-refractivity contribution in [2.24, 2.45) is 0 Å². The summed E-state index contributed by atoms with van der Waals surface area (Å²) in [6.45, 7) is 2.03. The van der Waals surface area contributed by atoms with Gasteiger partial charge in [0.25, 0.3) is 0 Å². The van der Waals surface area contributed by atoms with E-state index in [2.05, 4.69) is 18.2 Å². The van der Waals surface area contributed by atoms with Gasteiger partial charge in [0, 0.05) is 26.2 Å². The zero-order valence-electron chi connectivity index (χ0n) is 9.41. The first-order chi connectivity index (χ1) is 8.20. The minimum atomic E-state index is 0.569. The normalized spacial score (nSPS) is 11.8. The number of allylic oxidation sites excluding steroid dienone is 1. The molecule has 2 aromatic rings. The van der Waals surface area contributed by atoms with Gasteiger partial charge in [-0.05, 0) is 31.2 Å². The standard InChI is InChI=1S/C14H12Cl2S/c1-10(9-15)8-11-6-7-14(17-11)12-4-2-3-5-13(12)16/h2-8H,9H2,1H3. The number of alkyl halides is 1. The molecule has 0 unspecified atom stereocenters. The molecule has 1 aromatic heterocycles. The van der Waals surface area contributed by atoms with Gasteiger partial charge in [-0.3, -0.25) is 0 Å². The SMILES string of the molecule is CC(=Cc1ccc(-c2ccccc2Cl)s1)CCl. The molecule has 2 rings (SSSR count). The van der Waals surface area contributed by atoms with Crippen LogP contribution in [0.15, 0.2) is 42.0 Å². The maximum Gasteiger partial charge on any atom is 0.0492 e. The molecule has 0 saturated carbocycles. The Morgan fingerprint density at radius 1 is 1.24 bits per heavy atom. The minimum Gasteiger partial charge on any atom is -0.136 e. The fraction of sp³-hybridized carbons (Fsp3) is 0.143. The smallest absolute Gasteiger partial charge is 0.0492 e. The lowest BCUT2D eigenvalue weighted by atomic mass is 10.2. The molecule has 0 nitrogen and oxygen atoms in total. The molecule has 0 spiro atoms. The molecule has 0 saturated heterocycles. The predicted octanol–water partition coefficient (Wildman–Crippen LogP) is 5.71. The van der Waals surface area contributed by atoms with E-state index < -0.39 is 0 Å². The van der Waals surface area contributed by atoms with E-state index in [-0.39, 0.29) is 0 Å². The molecule has 88 valence electrons. The molecule has 0 fully saturated rings.